The van der Waals surface area contributed by atoms with E-state index in [1.165, 1.54) is 96.3 Å². The standard InChI is InChI=1S/C57H98O5/c1-4-7-10-13-16-19-22-25-27-29-30-33-35-38-41-44-47-50-56(58)61-54-55(62-57(59)51-48-45-42-39-36-32-24-21-18-15-12-9-6-3)53-60-52-49-46-43-40-37-34-31-28-26-23-20-17-14-11-8-5-2/h8-9,11-12,17-18,20-21,26,28,32,34,36-37,55H,4-7,10,13-16,19,22-25,27,29-31,33,35,38-54H2,1-3H3/b11-8-,12-9-,20-17-,21-18-,28-26-,36-32-,37-34-. The van der Waals surface area contributed by atoms with Gasteiger partial charge in [0.1, 0.15) is 6.61 Å². The monoisotopic (exact) mass is 863 g/mol. The molecule has 356 valence electrons. The van der Waals surface area contributed by atoms with Crippen molar-refractivity contribution in [2.24, 2.45) is 0 Å². The van der Waals surface area contributed by atoms with Crippen LogP contribution in [-0.4, -0.2) is 37.9 Å². The Morgan fingerprint density at radius 3 is 1.16 bits per heavy atom. The second-order valence-electron chi connectivity index (χ2n) is 17.0. The Morgan fingerprint density at radius 2 is 0.726 bits per heavy atom. The maximum atomic E-state index is 12.8. The van der Waals surface area contributed by atoms with Gasteiger partial charge in [-0.2, -0.15) is 0 Å². The van der Waals surface area contributed by atoms with Crippen LogP contribution >= 0.6 is 0 Å². The van der Waals surface area contributed by atoms with Crippen LogP contribution in [0.5, 0.6) is 0 Å². The van der Waals surface area contributed by atoms with E-state index in [2.05, 4.69) is 106 Å². The van der Waals surface area contributed by atoms with Crippen molar-refractivity contribution < 1.29 is 23.8 Å². The van der Waals surface area contributed by atoms with Gasteiger partial charge in [-0.3, -0.25) is 9.59 Å². The molecular formula is C57H98O5. The molecule has 0 saturated carbocycles. The van der Waals surface area contributed by atoms with E-state index in [1.54, 1.807) is 0 Å². The molecule has 1 unspecified atom stereocenters. The summed E-state index contributed by atoms with van der Waals surface area (Å²) in [6.45, 7) is 7.51. The first-order chi connectivity index (χ1) is 30.6. The van der Waals surface area contributed by atoms with Crippen molar-refractivity contribution in [3.63, 3.8) is 0 Å². The van der Waals surface area contributed by atoms with Crippen LogP contribution < -0.4 is 0 Å². The summed E-state index contributed by atoms with van der Waals surface area (Å²) in [5, 5.41) is 0. The van der Waals surface area contributed by atoms with Gasteiger partial charge in [0.15, 0.2) is 6.10 Å². The molecule has 0 aliphatic rings. The number of carbonyl (C=O) groups is 2. The molecule has 5 heteroatoms. The van der Waals surface area contributed by atoms with Gasteiger partial charge in [0.25, 0.3) is 0 Å². The number of ether oxygens (including phenoxy) is 3. The van der Waals surface area contributed by atoms with Crippen LogP contribution in [0, 0.1) is 0 Å². The van der Waals surface area contributed by atoms with Gasteiger partial charge in [0.2, 0.25) is 0 Å². The van der Waals surface area contributed by atoms with Gasteiger partial charge in [-0.25, -0.2) is 0 Å². The average molecular weight is 863 g/mol. The Kier molecular flexibility index (Phi) is 50.0. The Hall–Kier alpha value is -2.92. The number of hydrogen-bond acceptors (Lipinski definition) is 5. The van der Waals surface area contributed by atoms with Gasteiger partial charge < -0.3 is 14.2 Å². The molecule has 0 aromatic rings. The molecule has 62 heavy (non-hydrogen) atoms. The van der Waals surface area contributed by atoms with Crippen LogP contribution in [0.2, 0.25) is 0 Å². The predicted octanol–water partition coefficient (Wildman–Crippen LogP) is 17.7. The summed E-state index contributed by atoms with van der Waals surface area (Å²) in [7, 11) is 0. The van der Waals surface area contributed by atoms with Crippen molar-refractivity contribution in [2.75, 3.05) is 19.8 Å². The number of rotatable bonds is 47. The second-order valence-corrected chi connectivity index (χ2v) is 17.0. The molecule has 0 aliphatic heterocycles. The topological polar surface area (TPSA) is 61.8 Å². The molecule has 0 spiro atoms. The molecule has 0 bridgehead atoms. The highest BCUT2D eigenvalue weighted by Crippen LogP contribution is 2.15. The van der Waals surface area contributed by atoms with E-state index in [1.807, 2.05) is 0 Å². The van der Waals surface area contributed by atoms with E-state index in [0.29, 0.717) is 19.4 Å². The summed E-state index contributed by atoms with van der Waals surface area (Å²) in [5.41, 5.74) is 0. The zero-order chi connectivity index (χ0) is 44.9. The third kappa shape index (κ3) is 49.7. The fourth-order valence-corrected chi connectivity index (χ4v) is 7.10. The highest BCUT2D eigenvalue weighted by atomic mass is 16.6. The van der Waals surface area contributed by atoms with Gasteiger partial charge in [0, 0.05) is 19.4 Å². The number of allylic oxidation sites excluding steroid dienone is 14. The van der Waals surface area contributed by atoms with Crippen molar-refractivity contribution in [1.82, 2.24) is 0 Å². The highest BCUT2D eigenvalue weighted by molar-refractivity contribution is 5.70. The molecule has 0 heterocycles. The van der Waals surface area contributed by atoms with Crippen molar-refractivity contribution in [1.29, 1.82) is 0 Å². The van der Waals surface area contributed by atoms with Crippen LogP contribution in [0.1, 0.15) is 239 Å². The first kappa shape index (κ1) is 59.1. The van der Waals surface area contributed by atoms with E-state index in [9.17, 15) is 9.59 Å². The second kappa shape index (κ2) is 52.4. The minimum atomic E-state index is -0.570. The van der Waals surface area contributed by atoms with Crippen LogP contribution in [0.3, 0.4) is 0 Å². The van der Waals surface area contributed by atoms with Crippen molar-refractivity contribution in [3.8, 4) is 0 Å². The summed E-state index contributed by atoms with van der Waals surface area (Å²) in [6, 6.07) is 0. The normalized spacial score (nSPS) is 12.9. The smallest absolute Gasteiger partial charge is 0.306 e. The quantitative estimate of drug-likeness (QED) is 0.0346. The summed E-state index contributed by atoms with van der Waals surface area (Å²) in [6.07, 6.45) is 68.9. The van der Waals surface area contributed by atoms with Crippen LogP contribution in [0.25, 0.3) is 0 Å². The molecule has 0 aliphatic carbocycles. The van der Waals surface area contributed by atoms with Gasteiger partial charge in [-0.15, -0.1) is 0 Å². The molecule has 0 aromatic heterocycles. The summed E-state index contributed by atoms with van der Waals surface area (Å²) in [5.74, 6) is -0.446. The Bertz CT molecular complexity index is 1160. The third-order valence-electron chi connectivity index (χ3n) is 10.9. The number of esters is 2. The van der Waals surface area contributed by atoms with E-state index >= 15 is 0 Å². The molecule has 0 fully saturated rings. The van der Waals surface area contributed by atoms with E-state index in [4.69, 9.17) is 14.2 Å². The molecule has 0 rings (SSSR count). The fourth-order valence-electron chi connectivity index (χ4n) is 7.10. The molecule has 0 radical (unpaired) electrons. The van der Waals surface area contributed by atoms with Crippen molar-refractivity contribution >= 4 is 11.9 Å². The number of carbonyl (C=O) groups excluding carboxylic acids is 2. The Labute approximate surface area is 384 Å². The first-order valence-electron chi connectivity index (χ1n) is 26.1. The molecule has 0 amide bonds. The molecule has 1 atom stereocenters. The van der Waals surface area contributed by atoms with Gasteiger partial charge in [0.05, 0.1) is 6.61 Å². The Morgan fingerprint density at radius 1 is 0.371 bits per heavy atom. The van der Waals surface area contributed by atoms with Crippen molar-refractivity contribution in [3.05, 3.63) is 85.1 Å². The maximum absolute atomic E-state index is 12.8. The lowest BCUT2D eigenvalue weighted by atomic mass is 10.0. The third-order valence-corrected chi connectivity index (χ3v) is 10.9. The molecule has 5 nitrogen and oxygen atoms in total. The largest absolute Gasteiger partial charge is 0.462 e. The minimum Gasteiger partial charge on any atom is -0.462 e. The van der Waals surface area contributed by atoms with E-state index in [-0.39, 0.29) is 25.2 Å². The van der Waals surface area contributed by atoms with Crippen LogP contribution in [-0.2, 0) is 23.8 Å². The molecular weight excluding hydrogens is 765 g/mol. The lowest BCUT2D eigenvalue weighted by Crippen LogP contribution is -2.30. The Balaban J connectivity index is 4.33. The summed E-state index contributed by atoms with van der Waals surface area (Å²) < 4.78 is 17.4. The van der Waals surface area contributed by atoms with E-state index in [0.717, 1.165) is 109 Å². The predicted molar refractivity (Wildman–Crippen MR) is 270 cm³/mol. The van der Waals surface area contributed by atoms with Gasteiger partial charge >= 0.3 is 11.9 Å². The summed E-state index contributed by atoms with van der Waals surface area (Å²) >= 11 is 0. The average Bonchev–Trinajstić information content (AvgIpc) is 3.27. The fraction of sp³-hybridized carbons (Fsp3) is 0.719. The zero-order valence-electron chi connectivity index (χ0n) is 40.9. The SMILES string of the molecule is CC/C=C\C/C=C\C/C=C\C/C=C\CCCCCOCC(COC(=O)CCCCCCCCCCCCCCCCCCC)OC(=O)CCCCC/C=C\C/C=C\C/C=C\CC. The number of unbranched alkanes of at least 4 members (excludes halogenated alkanes) is 22. The molecule has 0 aromatic carbocycles. The summed E-state index contributed by atoms with van der Waals surface area (Å²) in [4.78, 5) is 25.4. The zero-order valence-corrected chi connectivity index (χ0v) is 40.9. The lowest BCUT2D eigenvalue weighted by molar-refractivity contribution is -0.163. The molecule has 0 saturated heterocycles. The molecule has 0 N–H and O–H groups in total. The lowest BCUT2D eigenvalue weighted by Gasteiger charge is -2.18. The maximum Gasteiger partial charge on any atom is 0.306 e. The minimum absolute atomic E-state index is 0.0590. The van der Waals surface area contributed by atoms with Crippen molar-refractivity contribution in [2.45, 2.75) is 245 Å². The van der Waals surface area contributed by atoms with Gasteiger partial charge in [-0.05, 0) is 89.9 Å². The van der Waals surface area contributed by atoms with Crippen LogP contribution in [0.4, 0.5) is 0 Å². The van der Waals surface area contributed by atoms with Gasteiger partial charge in [-0.1, -0.05) is 221 Å². The van der Waals surface area contributed by atoms with E-state index < -0.39 is 6.10 Å². The first-order valence-corrected chi connectivity index (χ1v) is 26.1. The number of hydrogen-bond donors (Lipinski definition) is 0. The highest BCUT2D eigenvalue weighted by Gasteiger charge is 2.17. The van der Waals surface area contributed by atoms with Crippen LogP contribution in [0.15, 0.2) is 85.1 Å².